The van der Waals surface area contributed by atoms with Gasteiger partial charge in [-0.15, -0.1) is 10.2 Å². The quantitative estimate of drug-likeness (QED) is 0.248. The number of rotatable bonds is 11. The fourth-order valence-electron chi connectivity index (χ4n) is 2.99. The number of nitrogens with zero attached hydrogens (tertiary/aromatic N) is 5. The Morgan fingerprint density at radius 1 is 1.40 bits per heavy atom. The van der Waals surface area contributed by atoms with E-state index in [9.17, 15) is 10.1 Å². The molecule has 0 unspecified atom stereocenters. The van der Waals surface area contributed by atoms with Crippen molar-refractivity contribution in [3.63, 3.8) is 0 Å². The molecule has 0 bridgehead atoms. The lowest BCUT2D eigenvalue weighted by Gasteiger charge is -2.26. The standard InChI is InChI=1S/C19H30N6O4Si/c1-5-17-22-23-19(24(17)13-28-8-9-30(2,3)4)14-10-16(25(26)27)18(20-11-14)21-12-15-6-7-29-15/h10-11,15H,5-9,12-13H2,1-4H3,(H,20,21)/t15-/m0/s1. The maximum atomic E-state index is 11.6. The largest absolute Gasteiger partial charge is 0.376 e. The summed E-state index contributed by atoms with van der Waals surface area (Å²) in [7, 11) is -1.19. The number of hydrogen-bond donors (Lipinski definition) is 1. The second-order valence-electron chi connectivity index (χ2n) is 8.58. The lowest BCUT2D eigenvalue weighted by Crippen LogP contribution is -2.33. The van der Waals surface area contributed by atoms with E-state index in [1.165, 1.54) is 6.07 Å². The minimum atomic E-state index is -1.19. The number of aryl methyl sites for hydroxylation is 1. The van der Waals surface area contributed by atoms with Crippen LogP contribution in [-0.4, -0.2) is 58.6 Å². The SMILES string of the molecule is CCc1nnc(-c2cnc(NC[C@@H]3CCO3)c([N+](=O)[O-])c2)n1COCC[Si](C)(C)C. The van der Waals surface area contributed by atoms with Gasteiger partial charge in [-0.25, -0.2) is 4.98 Å². The molecule has 1 N–H and O–H groups in total. The van der Waals surface area contributed by atoms with Crippen LogP contribution in [0.25, 0.3) is 11.4 Å². The molecule has 30 heavy (non-hydrogen) atoms. The Labute approximate surface area is 177 Å². The highest BCUT2D eigenvalue weighted by molar-refractivity contribution is 6.76. The van der Waals surface area contributed by atoms with Gasteiger partial charge in [-0.3, -0.25) is 14.7 Å². The molecule has 0 saturated carbocycles. The summed E-state index contributed by atoms with van der Waals surface area (Å²) in [6.07, 6.45) is 3.29. The zero-order valence-electron chi connectivity index (χ0n) is 18.1. The average Bonchev–Trinajstić information content (AvgIpc) is 3.06. The Hall–Kier alpha value is -2.37. The van der Waals surface area contributed by atoms with Crippen LogP contribution in [0, 0.1) is 10.1 Å². The summed E-state index contributed by atoms with van der Waals surface area (Å²) in [5, 5.41) is 23.1. The lowest BCUT2D eigenvalue weighted by atomic mass is 10.2. The normalized spacial score (nSPS) is 16.3. The van der Waals surface area contributed by atoms with E-state index in [0.717, 1.165) is 24.9 Å². The molecule has 0 spiro atoms. The van der Waals surface area contributed by atoms with Crippen LogP contribution in [0.1, 0.15) is 19.2 Å². The predicted octanol–water partition coefficient (Wildman–Crippen LogP) is 3.32. The topological polar surface area (TPSA) is 117 Å². The van der Waals surface area contributed by atoms with Crippen molar-refractivity contribution in [3.05, 3.63) is 28.2 Å². The van der Waals surface area contributed by atoms with Gasteiger partial charge in [0.2, 0.25) is 5.82 Å². The number of ether oxygens (including phenoxy) is 2. The minimum Gasteiger partial charge on any atom is -0.376 e. The summed E-state index contributed by atoms with van der Waals surface area (Å²) < 4.78 is 13.1. The number of pyridine rings is 1. The van der Waals surface area contributed by atoms with Crippen LogP contribution in [0.4, 0.5) is 11.5 Å². The van der Waals surface area contributed by atoms with Crippen LogP contribution in [-0.2, 0) is 22.6 Å². The minimum absolute atomic E-state index is 0.0783. The van der Waals surface area contributed by atoms with Crippen molar-refractivity contribution < 1.29 is 14.4 Å². The van der Waals surface area contributed by atoms with Crippen LogP contribution < -0.4 is 5.32 Å². The van der Waals surface area contributed by atoms with E-state index < -0.39 is 13.0 Å². The monoisotopic (exact) mass is 434 g/mol. The van der Waals surface area contributed by atoms with Crippen molar-refractivity contribution in [3.8, 4) is 11.4 Å². The van der Waals surface area contributed by atoms with Crippen molar-refractivity contribution in [1.29, 1.82) is 0 Å². The number of aromatic nitrogens is 4. The van der Waals surface area contributed by atoms with E-state index in [0.29, 0.717) is 37.7 Å². The fourth-order valence-corrected chi connectivity index (χ4v) is 3.74. The summed E-state index contributed by atoms with van der Waals surface area (Å²) >= 11 is 0. The highest BCUT2D eigenvalue weighted by Crippen LogP contribution is 2.28. The summed E-state index contributed by atoms with van der Waals surface area (Å²) in [5.74, 6) is 1.52. The molecule has 10 nitrogen and oxygen atoms in total. The Balaban J connectivity index is 1.79. The number of hydrogen-bond acceptors (Lipinski definition) is 8. The molecule has 0 aliphatic carbocycles. The van der Waals surface area contributed by atoms with E-state index in [4.69, 9.17) is 9.47 Å². The first-order valence-electron chi connectivity index (χ1n) is 10.3. The zero-order valence-corrected chi connectivity index (χ0v) is 19.1. The fraction of sp³-hybridized carbons (Fsp3) is 0.632. The molecule has 2 aromatic heterocycles. The van der Waals surface area contributed by atoms with Crippen LogP contribution >= 0.6 is 0 Å². The van der Waals surface area contributed by atoms with Gasteiger partial charge < -0.3 is 14.8 Å². The van der Waals surface area contributed by atoms with Crippen LogP contribution in [0.5, 0.6) is 0 Å². The van der Waals surface area contributed by atoms with Crippen molar-refractivity contribution in [2.24, 2.45) is 0 Å². The van der Waals surface area contributed by atoms with Gasteiger partial charge in [0.1, 0.15) is 12.6 Å². The highest BCUT2D eigenvalue weighted by Gasteiger charge is 2.23. The third kappa shape index (κ3) is 5.61. The molecule has 11 heteroatoms. The lowest BCUT2D eigenvalue weighted by molar-refractivity contribution is -0.384. The summed E-state index contributed by atoms with van der Waals surface area (Å²) in [4.78, 5) is 15.5. The van der Waals surface area contributed by atoms with Gasteiger partial charge in [0.05, 0.1) is 11.0 Å². The molecule has 1 aliphatic rings. The second kappa shape index (κ2) is 9.62. The van der Waals surface area contributed by atoms with E-state index >= 15 is 0 Å². The smallest absolute Gasteiger partial charge is 0.312 e. The molecule has 0 radical (unpaired) electrons. The Bertz CT molecular complexity index is 878. The maximum absolute atomic E-state index is 11.6. The Morgan fingerprint density at radius 2 is 2.17 bits per heavy atom. The zero-order chi connectivity index (χ0) is 21.7. The Kier molecular flexibility index (Phi) is 7.16. The Morgan fingerprint density at radius 3 is 2.77 bits per heavy atom. The van der Waals surface area contributed by atoms with Gasteiger partial charge >= 0.3 is 5.69 Å². The number of anilines is 1. The van der Waals surface area contributed by atoms with Crippen LogP contribution in [0.3, 0.4) is 0 Å². The molecule has 3 heterocycles. The van der Waals surface area contributed by atoms with E-state index in [2.05, 4.69) is 40.1 Å². The summed E-state index contributed by atoms with van der Waals surface area (Å²) in [5.41, 5.74) is 0.437. The average molecular weight is 435 g/mol. The molecule has 1 atom stereocenters. The first kappa shape index (κ1) is 22.3. The van der Waals surface area contributed by atoms with Crippen molar-refractivity contribution in [2.45, 2.75) is 58.3 Å². The van der Waals surface area contributed by atoms with Gasteiger partial charge in [0, 0.05) is 52.1 Å². The van der Waals surface area contributed by atoms with Crippen LogP contribution in [0.15, 0.2) is 12.3 Å². The highest BCUT2D eigenvalue weighted by atomic mass is 28.3. The van der Waals surface area contributed by atoms with Crippen molar-refractivity contribution >= 4 is 19.6 Å². The molecule has 0 amide bonds. The predicted molar refractivity (Wildman–Crippen MR) is 116 cm³/mol. The van der Waals surface area contributed by atoms with Crippen molar-refractivity contribution in [1.82, 2.24) is 19.7 Å². The third-order valence-corrected chi connectivity index (χ3v) is 6.68. The van der Waals surface area contributed by atoms with Crippen LogP contribution in [0.2, 0.25) is 25.7 Å². The molecule has 1 aliphatic heterocycles. The molecule has 164 valence electrons. The van der Waals surface area contributed by atoms with Gasteiger partial charge in [-0.05, 0) is 12.5 Å². The molecular weight excluding hydrogens is 404 g/mol. The van der Waals surface area contributed by atoms with Gasteiger partial charge in [0.25, 0.3) is 0 Å². The molecule has 0 aromatic carbocycles. The number of nitrogens with one attached hydrogen (secondary N) is 1. The van der Waals surface area contributed by atoms with E-state index in [1.807, 2.05) is 11.5 Å². The molecule has 2 aromatic rings. The maximum Gasteiger partial charge on any atom is 0.312 e. The molecule has 1 fully saturated rings. The van der Waals surface area contributed by atoms with Gasteiger partial charge in [-0.2, -0.15) is 0 Å². The molecular formula is C19H30N6O4Si. The van der Waals surface area contributed by atoms with Crippen molar-refractivity contribution in [2.75, 3.05) is 25.1 Å². The molecule has 3 rings (SSSR count). The molecule has 1 saturated heterocycles. The van der Waals surface area contributed by atoms with E-state index in [1.54, 1.807) is 6.20 Å². The second-order valence-corrected chi connectivity index (χ2v) is 14.2. The summed E-state index contributed by atoms with van der Waals surface area (Å²) in [6.45, 7) is 11.1. The first-order chi connectivity index (χ1) is 14.3. The van der Waals surface area contributed by atoms with Gasteiger partial charge in [-0.1, -0.05) is 26.6 Å². The summed E-state index contributed by atoms with van der Waals surface area (Å²) in [6, 6.07) is 2.54. The van der Waals surface area contributed by atoms with E-state index in [-0.39, 0.29) is 17.6 Å². The number of nitro groups is 1. The third-order valence-electron chi connectivity index (χ3n) is 4.97. The van der Waals surface area contributed by atoms with Gasteiger partial charge in [0.15, 0.2) is 5.82 Å². The first-order valence-corrected chi connectivity index (χ1v) is 14.0.